The van der Waals surface area contributed by atoms with Crippen LogP contribution < -0.4 is 11.1 Å². The summed E-state index contributed by atoms with van der Waals surface area (Å²) in [7, 11) is 0. The van der Waals surface area contributed by atoms with Gasteiger partial charge in [0.05, 0.1) is 16.8 Å². The molecule has 1 aromatic rings. The lowest BCUT2D eigenvalue weighted by Gasteiger charge is -2.04. The third-order valence-electron chi connectivity index (χ3n) is 2.04. The zero-order valence-corrected chi connectivity index (χ0v) is 7.03. The van der Waals surface area contributed by atoms with Gasteiger partial charge in [0.1, 0.15) is 0 Å². The molecule has 78 valence electrons. The number of imide groups is 1. The monoisotopic (exact) mass is 216 g/mol. The molecule has 4 nitrogen and oxygen atoms in total. The molecular formula is C8H3F3N2O2. The second-order valence-corrected chi connectivity index (χ2v) is 2.89. The lowest BCUT2D eigenvalue weighted by atomic mass is 10.1. The second kappa shape index (κ2) is 2.72. The van der Waals surface area contributed by atoms with Gasteiger partial charge in [-0.15, -0.1) is 0 Å². The molecule has 0 bridgehead atoms. The zero-order valence-electron chi connectivity index (χ0n) is 7.03. The smallest absolute Gasteiger partial charge is 0.262 e. The molecule has 0 fully saturated rings. The molecule has 1 heterocycles. The van der Waals surface area contributed by atoms with E-state index in [1.165, 1.54) is 0 Å². The number of hydrogen-bond donors (Lipinski definition) is 2. The summed E-state index contributed by atoms with van der Waals surface area (Å²) in [6.07, 6.45) is 0. The van der Waals surface area contributed by atoms with E-state index < -0.39 is 46.1 Å². The van der Waals surface area contributed by atoms with Crippen molar-refractivity contribution in [1.29, 1.82) is 0 Å². The first-order chi connectivity index (χ1) is 6.95. The summed E-state index contributed by atoms with van der Waals surface area (Å²) >= 11 is 0. The number of carbonyl (C=O) groups is 2. The van der Waals surface area contributed by atoms with E-state index in [0.29, 0.717) is 0 Å². The average molecular weight is 216 g/mol. The molecule has 3 N–H and O–H groups in total. The lowest BCUT2D eigenvalue weighted by Crippen LogP contribution is -2.20. The maximum atomic E-state index is 13.1. The van der Waals surface area contributed by atoms with Crippen molar-refractivity contribution < 1.29 is 22.8 Å². The topological polar surface area (TPSA) is 72.2 Å². The van der Waals surface area contributed by atoms with Gasteiger partial charge in [-0.1, -0.05) is 0 Å². The molecule has 7 heteroatoms. The van der Waals surface area contributed by atoms with Crippen LogP contribution >= 0.6 is 0 Å². The Morgan fingerprint density at radius 2 is 1.40 bits per heavy atom. The Labute approximate surface area is 80.9 Å². The van der Waals surface area contributed by atoms with E-state index in [9.17, 15) is 22.8 Å². The van der Waals surface area contributed by atoms with Crippen LogP contribution in [0.4, 0.5) is 18.9 Å². The third kappa shape index (κ3) is 1.03. The van der Waals surface area contributed by atoms with Crippen LogP contribution in [0, 0.1) is 17.5 Å². The fourth-order valence-corrected chi connectivity index (χ4v) is 1.36. The molecule has 0 atom stereocenters. The van der Waals surface area contributed by atoms with Crippen LogP contribution in [0.2, 0.25) is 0 Å². The van der Waals surface area contributed by atoms with Gasteiger partial charge in [-0.3, -0.25) is 14.9 Å². The van der Waals surface area contributed by atoms with E-state index in [1.54, 1.807) is 5.32 Å². The summed E-state index contributed by atoms with van der Waals surface area (Å²) in [4.78, 5) is 22.0. The molecule has 2 amide bonds. The van der Waals surface area contributed by atoms with E-state index in [1.807, 2.05) is 0 Å². The fraction of sp³-hybridized carbons (Fsp3) is 0. The van der Waals surface area contributed by atoms with Crippen molar-refractivity contribution in [2.75, 3.05) is 5.73 Å². The largest absolute Gasteiger partial charge is 0.396 e. The minimum atomic E-state index is -1.86. The van der Waals surface area contributed by atoms with Crippen molar-refractivity contribution in [3.8, 4) is 0 Å². The number of hydrogen-bond acceptors (Lipinski definition) is 3. The highest BCUT2D eigenvalue weighted by Gasteiger charge is 2.36. The average Bonchev–Trinajstić information content (AvgIpc) is 2.47. The minimum Gasteiger partial charge on any atom is -0.396 e. The normalized spacial score (nSPS) is 14.1. The number of rotatable bonds is 0. The van der Waals surface area contributed by atoms with Gasteiger partial charge in [-0.25, -0.2) is 13.2 Å². The summed E-state index contributed by atoms with van der Waals surface area (Å²) in [5.41, 5.74) is 2.69. The first-order valence-corrected chi connectivity index (χ1v) is 3.76. The highest BCUT2D eigenvalue weighted by atomic mass is 19.2. The Kier molecular flexibility index (Phi) is 1.72. The first kappa shape index (κ1) is 9.50. The van der Waals surface area contributed by atoms with E-state index in [2.05, 4.69) is 0 Å². The number of nitrogens with two attached hydrogens (primary N) is 1. The van der Waals surface area contributed by atoms with Gasteiger partial charge in [0, 0.05) is 0 Å². The van der Waals surface area contributed by atoms with Gasteiger partial charge in [0.2, 0.25) is 0 Å². The van der Waals surface area contributed by atoms with Gasteiger partial charge in [0.15, 0.2) is 17.5 Å². The van der Waals surface area contributed by atoms with Crippen molar-refractivity contribution in [1.82, 2.24) is 5.32 Å². The fourth-order valence-electron chi connectivity index (χ4n) is 1.36. The number of amides is 2. The summed E-state index contributed by atoms with van der Waals surface area (Å²) in [5.74, 6) is -7.41. The maximum absolute atomic E-state index is 13.1. The SMILES string of the molecule is Nc1c(F)c(F)c(F)c2c1C(=O)NC2=O. The molecule has 1 aliphatic rings. The Bertz CT molecular complexity index is 468. The van der Waals surface area contributed by atoms with Gasteiger partial charge < -0.3 is 5.73 Å². The molecule has 0 radical (unpaired) electrons. The van der Waals surface area contributed by atoms with Crippen molar-refractivity contribution in [2.24, 2.45) is 0 Å². The van der Waals surface area contributed by atoms with Crippen molar-refractivity contribution in [3.63, 3.8) is 0 Å². The first-order valence-electron chi connectivity index (χ1n) is 3.76. The number of anilines is 1. The molecule has 0 saturated heterocycles. The van der Waals surface area contributed by atoms with Crippen molar-refractivity contribution in [3.05, 3.63) is 28.6 Å². The van der Waals surface area contributed by atoms with Gasteiger partial charge in [-0.2, -0.15) is 0 Å². The highest BCUT2D eigenvalue weighted by molar-refractivity contribution is 6.23. The van der Waals surface area contributed by atoms with Gasteiger partial charge in [-0.05, 0) is 0 Å². The summed E-state index contributed by atoms with van der Waals surface area (Å²) < 4.78 is 38.8. The minimum absolute atomic E-state index is 0.656. The number of carbonyl (C=O) groups excluding carboxylic acids is 2. The van der Waals surface area contributed by atoms with Crippen LogP contribution in [0.25, 0.3) is 0 Å². The lowest BCUT2D eigenvalue weighted by molar-refractivity contribution is 0.0878. The van der Waals surface area contributed by atoms with Crippen LogP contribution in [-0.4, -0.2) is 11.8 Å². The molecule has 0 saturated carbocycles. The number of fused-ring (bicyclic) bond motifs is 1. The second-order valence-electron chi connectivity index (χ2n) is 2.89. The van der Waals surface area contributed by atoms with Gasteiger partial charge >= 0.3 is 0 Å². The molecule has 1 aromatic carbocycles. The van der Waals surface area contributed by atoms with Crippen molar-refractivity contribution in [2.45, 2.75) is 0 Å². The molecule has 0 spiro atoms. The molecule has 0 aromatic heterocycles. The molecule has 2 rings (SSSR count). The van der Waals surface area contributed by atoms with Crippen LogP contribution in [0.3, 0.4) is 0 Å². The number of nitrogens with one attached hydrogen (secondary N) is 1. The van der Waals surface area contributed by atoms with E-state index in [0.717, 1.165) is 0 Å². The number of benzene rings is 1. The van der Waals surface area contributed by atoms with Crippen LogP contribution in [0.1, 0.15) is 20.7 Å². The van der Waals surface area contributed by atoms with Crippen LogP contribution in [0.5, 0.6) is 0 Å². The summed E-state index contributed by atoms with van der Waals surface area (Å²) in [6, 6.07) is 0. The molecular weight excluding hydrogens is 213 g/mol. The van der Waals surface area contributed by atoms with Crippen LogP contribution in [0.15, 0.2) is 0 Å². The standard InChI is InChI=1S/C8H3F3N2O2/c9-3-1-2(8(15)13-7(1)14)6(12)5(11)4(3)10/h12H2,(H,13,14,15). The Morgan fingerprint density at radius 3 is 2.00 bits per heavy atom. The van der Waals surface area contributed by atoms with Crippen molar-refractivity contribution >= 4 is 17.5 Å². The van der Waals surface area contributed by atoms with E-state index >= 15 is 0 Å². The Balaban J connectivity index is 2.92. The highest BCUT2D eigenvalue weighted by Crippen LogP contribution is 2.29. The predicted octanol–water partition coefficient (Wildman–Crippen LogP) is 0.570. The Morgan fingerprint density at radius 1 is 0.867 bits per heavy atom. The predicted molar refractivity (Wildman–Crippen MR) is 42.5 cm³/mol. The molecule has 0 aliphatic carbocycles. The molecule has 1 aliphatic heterocycles. The third-order valence-corrected chi connectivity index (χ3v) is 2.04. The zero-order chi connectivity index (χ0) is 11.3. The van der Waals surface area contributed by atoms with Crippen LogP contribution in [-0.2, 0) is 0 Å². The summed E-state index contributed by atoms with van der Waals surface area (Å²) in [6.45, 7) is 0. The maximum Gasteiger partial charge on any atom is 0.262 e. The Hall–Kier alpha value is -2.05. The van der Waals surface area contributed by atoms with E-state index in [-0.39, 0.29) is 0 Å². The van der Waals surface area contributed by atoms with Gasteiger partial charge in [0.25, 0.3) is 11.8 Å². The quantitative estimate of drug-likeness (QED) is 0.378. The molecule has 15 heavy (non-hydrogen) atoms. The molecule has 0 unspecified atom stereocenters. The van der Waals surface area contributed by atoms with E-state index in [4.69, 9.17) is 5.73 Å². The number of halogens is 3. The number of nitrogen functional groups attached to an aromatic ring is 1. The summed E-state index contributed by atoms with van der Waals surface area (Å²) in [5, 5.41) is 1.69.